The molecule has 1 fully saturated rings. The highest BCUT2D eigenvalue weighted by molar-refractivity contribution is 6.35. The van der Waals surface area contributed by atoms with Gasteiger partial charge in [0, 0.05) is 49.8 Å². The maximum Gasteiger partial charge on any atom is 0.434 e. The number of aryl methyl sites for hydroxylation is 1. The lowest BCUT2D eigenvalue weighted by molar-refractivity contribution is -0.143. The Labute approximate surface area is 174 Å². The number of hydrogen-bond donors (Lipinski definition) is 0. The molecule has 1 aromatic heterocycles. The van der Waals surface area contributed by atoms with Crippen molar-refractivity contribution < 1.29 is 18.0 Å². The van der Waals surface area contributed by atoms with Crippen LogP contribution in [0.2, 0.25) is 15.1 Å². The molecule has 1 aromatic carbocycles. The van der Waals surface area contributed by atoms with Gasteiger partial charge in [0.25, 0.3) is 5.91 Å². The molecule has 28 heavy (non-hydrogen) atoms. The first-order chi connectivity index (χ1) is 13.1. The summed E-state index contributed by atoms with van der Waals surface area (Å²) in [7, 11) is 1.11. The van der Waals surface area contributed by atoms with Crippen molar-refractivity contribution in [2.75, 3.05) is 26.2 Å². The summed E-state index contributed by atoms with van der Waals surface area (Å²) >= 11 is 17.9. The molecule has 0 aliphatic carbocycles. The predicted molar refractivity (Wildman–Crippen MR) is 101 cm³/mol. The summed E-state index contributed by atoms with van der Waals surface area (Å²) < 4.78 is 39.7. The van der Waals surface area contributed by atoms with E-state index in [0.717, 1.165) is 12.6 Å². The molecule has 1 amide bonds. The molecule has 11 heteroatoms. The standard InChI is InChI=1S/C17H16Cl3F3N4O/c1-25-15(17(21,22)23)13(20)14(24-25)16(28)27-6-4-26(5-7-27)9-10-2-3-11(18)8-12(10)19/h2-3,8H,4-7,9H2,1H3. The van der Waals surface area contributed by atoms with Gasteiger partial charge in [-0.2, -0.15) is 18.3 Å². The normalized spacial score (nSPS) is 15.9. The molecular weight excluding hydrogens is 440 g/mol. The molecule has 5 nitrogen and oxygen atoms in total. The van der Waals surface area contributed by atoms with Crippen molar-refractivity contribution in [3.63, 3.8) is 0 Å². The average Bonchev–Trinajstić information content (AvgIpc) is 2.92. The zero-order valence-electron chi connectivity index (χ0n) is 14.7. The van der Waals surface area contributed by atoms with E-state index in [1.165, 1.54) is 4.90 Å². The highest BCUT2D eigenvalue weighted by atomic mass is 35.5. The number of nitrogens with zero attached hydrogens (tertiary/aromatic N) is 4. The van der Waals surface area contributed by atoms with Crippen LogP contribution in [-0.4, -0.2) is 51.7 Å². The minimum Gasteiger partial charge on any atom is -0.335 e. The van der Waals surface area contributed by atoms with Crippen LogP contribution in [0.25, 0.3) is 0 Å². The highest BCUT2D eigenvalue weighted by Gasteiger charge is 2.40. The van der Waals surface area contributed by atoms with Gasteiger partial charge < -0.3 is 4.90 Å². The van der Waals surface area contributed by atoms with Crippen molar-refractivity contribution in [2.24, 2.45) is 7.05 Å². The maximum atomic E-state index is 13.0. The van der Waals surface area contributed by atoms with E-state index in [0.29, 0.717) is 47.5 Å². The molecule has 0 N–H and O–H groups in total. The maximum absolute atomic E-state index is 13.0. The first-order valence-corrected chi connectivity index (χ1v) is 9.46. The van der Waals surface area contributed by atoms with Gasteiger partial charge in [0.1, 0.15) is 5.02 Å². The lowest BCUT2D eigenvalue weighted by Crippen LogP contribution is -2.48. The molecule has 1 aliphatic heterocycles. The Bertz CT molecular complexity index is 893. The minimum atomic E-state index is -4.69. The van der Waals surface area contributed by atoms with E-state index in [-0.39, 0.29) is 5.69 Å². The van der Waals surface area contributed by atoms with E-state index >= 15 is 0 Å². The van der Waals surface area contributed by atoms with Gasteiger partial charge in [0.15, 0.2) is 11.4 Å². The summed E-state index contributed by atoms with van der Waals surface area (Å²) in [6, 6.07) is 5.26. The fourth-order valence-electron chi connectivity index (χ4n) is 3.09. The molecule has 2 aromatic rings. The van der Waals surface area contributed by atoms with Gasteiger partial charge in [-0.25, -0.2) is 0 Å². The Morgan fingerprint density at radius 1 is 1.14 bits per heavy atom. The third-order valence-corrected chi connectivity index (χ3v) is 5.47. The molecule has 0 bridgehead atoms. The first-order valence-electron chi connectivity index (χ1n) is 8.33. The third-order valence-electron chi connectivity index (χ3n) is 4.53. The van der Waals surface area contributed by atoms with Gasteiger partial charge >= 0.3 is 6.18 Å². The average molecular weight is 456 g/mol. The summed E-state index contributed by atoms with van der Waals surface area (Å²) in [6.07, 6.45) is -4.69. The SMILES string of the molecule is Cn1nc(C(=O)N2CCN(Cc3ccc(Cl)cc3Cl)CC2)c(Cl)c1C(F)(F)F. The van der Waals surface area contributed by atoms with Crippen LogP contribution in [0.15, 0.2) is 18.2 Å². The smallest absolute Gasteiger partial charge is 0.335 e. The molecule has 0 spiro atoms. The van der Waals surface area contributed by atoms with Crippen molar-refractivity contribution in [1.82, 2.24) is 19.6 Å². The number of aromatic nitrogens is 2. The number of hydrogen-bond acceptors (Lipinski definition) is 3. The lowest BCUT2D eigenvalue weighted by Gasteiger charge is -2.34. The molecule has 1 aliphatic rings. The number of benzene rings is 1. The van der Waals surface area contributed by atoms with Crippen molar-refractivity contribution in [3.8, 4) is 0 Å². The monoisotopic (exact) mass is 454 g/mol. The number of carbonyl (C=O) groups excluding carboxylic acids is 1. The van der Waals surface area contributed by atoms with E-state index < -0.39 is 22.8 Å². The van der Waals surface area contributed by atoms with Crippen molar-refractivity contribution in [1.29, 1.82) is 0 Å². The van der Waals surface area contributed by atoms with Crippen LogP contribution in [0.1, 0.15) is 21.7 Å². The number of piperazine rings is 1. The number of carbonyl (C=O) groups is 1. The molecule has 1 saturated heterocycles. The van der Waals surface area contributed by atoms with E-state index in [1.807, 2.05) is 6.07 Å². The van der Waals surface area contributed by atoms with Crippen molar-refractivity contribution in [2.45, 2.75) is 12.7 Å². The zero-order valence-corrected chi connectivity index (χ0v) is 17.0. The molecule has 3 rings (SSSR count). The number of rotatable bonds is 3. The van der Waals surface area contributed by atoms with Crippen LogP contribution < -0.4 is 0 Å². The molecule has 0 saturated carbocycles. The summed E-state index contributed by atoms with van der Waals surface area (Å²) in [4.78, 5) is 16.2. The second-order valence-electron chi connectivity index (χ2n) is 6.44. The highest BCUT2D eigenvalue weighted by Crippen LogP contribution is 2.36. The van der Waals surface area contributed by atoms with Gasteiger partial charge in [0.2, 0.25) is 0 Å². The quantitative estimate of drug-likeness (QED) is 0.691. The second-order valence-corrected chi connectivity index (χ2v) is 7.66. The number of amides is 1. The summed E-state index contributed by atoms with van der Waals surface area (Å²) in [5.74, 6) is -0.611. The minimum absolute atomic E-state index is 0.346. The van der Waals surface area contributed by atoms with E-state index in [4.69, 9.17) is 34.8 Å². The van der Waals surface area contributed by atoms with Gasteiger partial charge in [-0.1, -0.05) is 40.9 Å². The van der Waals surface area contributed by atoms with Crippen LogP contribution in [0.3, 0.4) is 0 Å². The van der Waals surface area contributed by atoms with Crippen molar-refractivity contribution in [3.05, 3.63) is 50.2 Å². The Hall–Kier alpha value is -1.48. The summed E-state index contributed by atoms with van der Waals surface area (Å²) in [5.41, 5.74) is -0.604. The van der Waals surface area contributed by atoms with Gasteiger partial charge in [0.05, 0.1) is 0 Å². The zero-order chi connectivity index (χ0) is 20.6. The third kappa shape index (κ3) is 4.40. The van der Waals surface area contributed by atoms with Gasteiger partial charge in [-0.05, 0) is 17.7 Å². The van der Waals surface area contributed by atoms with Crippen LogP contribution >= 0.6 is 34.8 Å². The fourth-order valence-corrected chi connectivity index (χ4v) is 3.91. The molecule has 2 heterocycles. The molecule has 0 unspecified atom stereocenters. The Balaban J connectivity index is 1.66. The van der Waals surface area contributed by atoms with Crippen LogP contribution in [0, 0.1) is 0 Å². The molecule has 0 radical (unpaired) electrons. The second kappa shape index (κ2) is 8.10. The predicted octanol–water partition coefficient (Wildman–Crippen LogP) is 4.36. The van der Waals surface area contributed by atoms with Crippen LogP contribution in [0.4, 0.5) is 13.2 Å². The Kier molecular flexibility index (Phi) is 6.14. The number of halogens is 6. The number of alkyl halides is 3. The topological polar surface area (TPSA) is 41.4 Å². The van der Waals surface area contributed by atoms with Crippen LogP contribution in [0.5, 0.6) is 0 Å². The van der Waals surface area contributed by atoms with Gasteiger partial charge in [-0.15, -0.1) is 0 Å². The Morgan fingerprint density at radius 2 is 1.79 bits per heavy atom. The summed E-state index contributed by atoms with van der Waals surface area (Å²) in [5, 5.41) is 4.13. The van der Waals surface area contributed by atoms with Crippen LogP contribution in [-0.2, 0) is 19.8 Å². The Morgan fingerprint density at radius 3 is 2.32 bits per heavy atom. The van der Waals surface area contributed by atoms with Gasteiger partial charge in [-0.3, -0.25) is 14.4 Å². The lowest BCUT2D eigenvalue weighted by atomic mass is 10.2. The molecule has 0 atom stereocenters. The van der Waals surface area contributed by atoms with Crippen molar-refractivity contribution >= 4 is 40.7 Å². The van der Waals surface area contributed by atoms with E-state index in [9.17, 15) is 18.0 Å². The fraction of sp³-hybridized carbons (Fsp3) is 0.412. The summed E-state index contributed by atoms with van der Waals surface area (Å²) in [6.45, 7) is 2.36. The molecule has 152 valence electrons. The molecular formula is C17H16Cl3F3N4O. The van der Waals surface area contributed by atoms with E-state index in [1.54, 1.807) is 12.1 Å². The first kappa shape index (κ1) is 21.2. The van der Waals surface area contributed by atoms with E-state index in [2.05, 4.69) is 10.00 Å². The largest absolute Gasteiger partial charge is 0.434 e.